The van der Waals surface area contributed by atoms with Gasteiger partial charge in [-0.25, -0.2) is 0 Å². The second kappa shape index (κ2) is 4.08. The molecule has 0 spiro atoms. The molecule has 1 unspecified atom stereocenters. The summed E-state index contributed by atoms with van der Waals surface area (Å²) in [5, 5.41) is 0. The molecule has 0 radical (unpaired) electrons. The molecule has 1 aromatic carbocycles. The van der Waals surface area contributed by atoms with Crippen molar-refractivity contribution in [2.75, 3.05) is 0 Å². The Morgan fingerprint density at radius 2 is 2.12 bits per heavy atom. The van der Waals surface area contributed by atoms with Gasteiger partial charge in [-0.15, -0.1) is 0 Å². The van der Waals surface area contributed by atoms with Crippen molar-refractivity contribution < 1.29 is 19.1 Å². The van der Waals surface area contributed by atoms with Gasteiger partial charge in [-0.05, 0) is 17.5 Å². The molecule has 1 aromatic rings. The van der Waals surface area contributed by atoms with Gasteiger partial charge in [0.25, 0.3) is 0 Å². The average Bonchev–Trinajstić information content (AvgIpc) is 2.43. The van der Waals surface area contributed by atoms with Crippen LogP contribution in [0.1, 0.15) is 21.5 Å². The lowest BCUT2D eigenvalue weighted by Crippen LogP contribution is -2.05. The number of ketones is 1. The van der Waals surface area contributed by atoms with E-state index in [1.165, 1.54) is 0 Å². The van der Waals surface area contributed by atoms with Gasteiger partial charge in [0, 0.05) is 5.56 Å². The molecule has 1 aliphatic rings. The smallest absolute Gasteiger partial charge is 0.324 e. The molecular formula is C10H10BrO4P. The van der Waals surface area contributed by atoms with Gasteiger partial charge in [0.1, 0.15) is 0 Å². The van der Waals surface area contributed by atoms with Gasteiger partial charge in [0.05, 0.1) is 11.0 Å². The van der Waals surface area contributed by atoms with Crippen LogP contribution in [0, 0.1) is 0 Å². The second-order valence-corrected chi connectivity index (χ2v) is 6.55. The van der Waals surface area contributed by atoms with Crippen molar-refractivity contribution in [2.24, 2.45) is 0 Å². The third-order valence-corrected chi connectivity index (χ3v) is 4.07. The number of fused-ring (bicyclic) bond motifs is 1. The van der Waals surface area contributed by atoms with Crippen molar-refractivity contribution in [1.82, 2.24) is 0 Å². The lowest BCUT2D eigenvalue weighted by atomic mass is 10.0. The molecule has 0 aromatic heterocycles. The maximum absolute atomic E-state index is 11.7. The van der Waals surface area contributed by atoms with Gasteiger partial charge in [-0.1, -0.05) is 34.1 Å². The Morgan fingerprint density at radius 1 is 1.44 bits per heavy atom. The quantitative estimate of drug-likeness (QED) is 0.646. The highest BCUT2D eigenvalue weighted by Gasteiger charge is 2.31. The second-order valence-electron chi connectivity index (χ2n) is 3.80. The fourth-order valence-corrected chi connectivity index (χ4v) is 3.23. The predicted molar refractivity (Wildman–Crippen MR) is 62.9 cm³/mol. The highest BCUT2D eigenvalue weighted by Crippen LogP contribution is 2.42. The van der Waals surface area contributed by atoms with Crippen LogP contribution in [0.5, 0.6) is 0 Å². The lowest BCUT2D eigenvalue weighted by Gasteiger charge is -2.08. The van der Waals surface area contributed by atoms with Crippen molar-refractivity contribution >= 4 is 29.3 Å². The molecule has 2 rings (SSSR count). The minimum Gasteiger partial charge on any atom is -0.324 e. The van der Waals surface area contributed by atoms with Crippen molar-refractivity contribution in [2.45, 2.75) is 17.4 Å². The molecule has 2 N–H and O–H groups in total. The van der Waals surface area contributed by atoms with E-state index in [-0.39, 0.29) is 16.8 Å². The topological polar surface area (TPSA) is 74.6 Å². The monoisotopic (exact) mass is 304 g/mol. The van der Waals surface area contributed by atoms with E-state index in [0.717, 1.165) is 5.56 Å². The van der Waals surface area contributed by atoms with Gasteiger partial charge in [-0.2, -0.15) is 0 Å². The van der Waals surface area contributed by atoms with E-state index in [1.807, 2.05) is 0 Å². The molecule has 0 saturated heterocycles. The molecule has 0 fully saturated rings. The van der Waals surface area contributed by atoms with E-state index in [2.05, 4.69) is 15.9 Å². The number of carbonyl (C=O) groups excluding carboxylic acids is 1. The number of halogens is 1. The first-order valence-electron chi connectivity index (χ1n) is 4.72. The van der Waals surface area contributed by atoms with Gasteiger partial charge in [0.15, 0.2) is 5.78 Å². The van der Waals surface area contributed by atoms with E-state index in [1.54, 1.807) is 18.2 Å². The van der Waals surface area contributed by atoms with Crippen molar-refractivity contribution in [3.8, 4) is 0 Å². The van der Waals surface area contributed by atoms with Crippen molar-refractivity contribution in [3.63, 3.8) is 0 Å². The molecule has 0 heterocycles. The molecule has 0 saturated carbocycles. The van der Waals surface area contributed by atoms with E-state index in [9.17, 15) is 9.36 Å². The summed E-state index contributed by atoms with van der Waals surface area (Å²) in [7, 11) is -4.09. The summed E-state index contributed by atoms with van der Waals surface area (Å²) in [6.07, 6.45) is 0.202. The zero-order valence-electron chi connectivity index (χ0n) is 8.26. The SMILES string of the molecule is O=C1c2cccc(CP(=O)(O)O)c2CC1Br. The Balaban J connectivity index is 2.44. The number of benzene rings is 1. The Hall–Kier alpha value is -0.480. The molecule has 0 amide bonds. The largest absolute Gasteiger partial charge is 0.329 e. The first kappa shape index (κ1) is 12.0. The summed E-state index contributed by atoms with van der Waals surface area (Å²) >= 11 is 3.25. The van der Waals surface area contributed by atoms with Crippen LogP contribution in [0.3, 0.4) is 0 Å². The molecule has 1 aliphatic carbocycles. The maximum atomic E-state index is 11.7. The number of hydrogen-bond acceptors (Lipinski definition) is 2. The van der Waals surface area contributed by atoms with Crippen LogP contribution in [0.25, 0.3) is 0 Å². The van der Waals surface area contributed by atoms with Crippen molar-refractivity contribution in [3.05, 3.63) is 34.9 Å². The van der Waals surface area contributed by atoms with Crippen LogP contribution in [-0.2, 0) is 17.1 Å². The van der Waals surface area contributed by atoms with Crippen molar-refractivity contribution in [1.29, 1.82) is 0 Å². The van der Waals surface area contributed by atoms with Gasteiger partial charge < -0.3 is 9.79 Å². The van der Waals surface area contributed by atoms with Crippen LogP contribution in [0.15, 0.2) is 18.2 Å². The summed E-state index contributed by atoms with van der Waals surface area (Å²) in [4.78, 5) is 29.3. The fraction of sp³-hybridized carbons (Fsp3) is 0.300. The molecule has 0 aliphatic heterocycles. The fourth-order valence-electron chi connectivity index (χ4n) is 1.92. The molecule has 6 heteroatoms. The minimum absolute atomic E-state index is 0.0115. The molecule has 86 valence electrons. The number of carbonyl (C=O) groups is 1. The maximum Gasteiger partial charge on any atom is 0.329 e. The normalized spacial score (nSPS) is 19.9. The Bertz CT molecular complexity index is 494. The van der Waals surface area contributed by atoms with Crippen LogP contribution in [0.2, 0.25) is 0 Å². The van der Waals surface area contributed by atoms with Crippen LogP contribution < -0.4 is 0 Å². The highest BCUT2D eigenvalue weighted by atomic mass is 79.9. The number of Topliss-reactive ketones (excluding diaryl/α,β-unsaturated/α-hetero) is 1. The van der Waals surface area contributed by atoms with Crippen LogP contribution in [-0.4, -0.2) is 20.4 Å². The van der Waals surface area contributed by atoms with Gasteiger partial charge >= 0.3 is 7.60 Å². The summed E-state index contributed by atoms with van der Waals surface area (Å²) < 4.78 is 11.0. The zero-order chi connectivity index (χ0) is 11.9. The average molecular weight is 305 g/mol. The molecule has 4 nitrogen and oxygen atoms in total. The first-order chi connectivity index (χ1) is 7.38. The number of alkyl halides is 1. The summed E-state index contributed by atoms with van der Waals surface area (Å²) in [6.45, 7) is 0. The summed E-state index contributed by atoms with van der Waals surface area (Å²) in [5.74, 6) is -0.0115. The zero-order valence-corrected chi connectivity index (χ0v) is 10.7. The Labute approximate surface area is 101 Å². The summed E-state index contributed by atoms with van der Waals surface area (Å²) in [5.41, 5.74) is 1.91. The van der Waals surface area contributed by atoms with Crippen LogP contribution in [0.4, 0.5) is 0 Å². The summed E-state index contributed by atoms with van der Waals surface area (Å²) in [6, 6.07) is 5.02. The predicted octanol–water partition coefficient (Wildman–Crippen LogP) is 1.87. The number of hydrogen-bond donors (Lipinski definition) is 2. The highest BCUT2D eigenvalue weighted by molar-refractivity contribution is 9.10. The lowest BCUT2D eigenvalue weighted by molar-refractivity contribution is 0.100. The van der Waals surface area contributed by atoms with E-state index < -0.39 is 7.60 Å². The van der Waals surface area contributed by atoms with E-state index >= 15 is 0 Å². The van der Waals surface area contributed by atoms with E-state index in [4.69, 9.17) is 9.79 Å². The van der Waals surface area contributed by atoms with E-state index in [0.29, 0.717) is 17.5 Å². The molecule has 0 bridgehead atoms. The first-order valence-corrected chi connectivity index (χ1v) is 7.43. The standard InChI is InChI=1S/C10H10BrO4P/c11-9-4-8-6(5-16(13,14)15)2-1-3-7(8)10(9)12/h1-3,9H,4-5H2,(H2,13,14,15). The molecular weight excluding hydrogens is 295 g/mol. The third-order valence-electron chi connectivity index (χ3n) is 2.58. The Kier molecular flexibility index (Phi) is 3.05. The van der Waals surface area contributed by atoms with Gasteiger partial charge in [0.2, 0.25) is 0 Å². The molecule has 16 heavy (non-hydrogen) atoms. The Morgan fingerprint density at radius 3 is 2.75 bits per heavy atom. The third kappa shape index (κ3) is 2.28. The van der Waals surface area contributed by atoms with Gasteiger partial charge in [-0.3, -0.25) is 9.36 Å². The molecule has 1 atom stereocenters. The van der Waals surface area contributed by atoms with Crippen LogP contribution >= 0.6 is 23.5 Å². The minimum atomic E-state index is -4.09. The number of rotatable bonds is 2.